The highest BCUT2D eigenvalue weighted by atomic mass is 16.5. The number of nitrogens with two attached hydrogens (primary N) is 1. The van der Waals surface area contributed by atoms with Gasteiger partial charge in [-0.2, -0.15) is 0 Å². The third-order valence-electron chi connectivity index (χ3n) is 6.12. The van der Waals surface area contributed by atoms with E-state index in [9.17, 15) is 14.4 Å². The minimum Gasteiger partial charge on any atom is -0.383 e. The molecule has 1 aliphatic rings. The van der Waals surface area contributed by atoms with Crippen molar-refractivity contribution in [2.75, 3.05) is 24.4 Å². The standard InChI is InChI=1S/C25H28N4O4/c1-33-15-14-28-22(26)21(23(30)27-25(28)32)29(16-17-8-3-2-4-9-17)24(31)20-13-7-11-18-10-5-6-12-19(18)20/h2-6,8-10,12,20H,7,11,13-16,26H2,1H3,(H,27,30,32). The predicted molar refractivity (Wildman–Crippen MR) is 127 cm³/mol. The molecular weight excluding hydrogens is 420 g/mol. The number of ether oxygens (including phenoxy) is 1. The van der Waals surface area contributed by atoms with Crippen LogP contribution in [-0.4, -0.2) is 29.2 Å². The Hall–Kier alpha value is -3.65. The zero-order valence-corrected chi connectivity index (χ0v) is 18.6. The average molecular weight is 449 g/mol. The summed E-state index contributed by atoms with van der Waals surface area (Å²) in [5.74, 6) is -0.647. The van der Waals surface area contributed by atoms with Crippen molar-refractivity contribution in [1.29, 1.82) is 0 Å². The third-order valence-corrected chi connectivity index (χ3v) is 6.12. The Morgan fingerprint density at radius 3 is 2.64 bits per heavy atom. The summed E-state index contributed by atoms with van der Waals surface area (Å²) in [5, 5.41) is 0. The lowest BCUT2D eigenvalue weighted by atomic mass is 9.82. The van der Waals surface area contributed by atoms with Crippen molar-refractivity contribution < 1.29 is 9.53 Å². The van der Waals surface area contributed by atoms with Gasteiger partial charge in [-0.1, -0.05) is 54.6 Å². The lowest BCUT2D eigenvalue weighted by Gasteiger charge is -2.31. The van der Waals surface area contributed by atoms with Crippen LogP contribution in [-0.2, 0) is 29.0 Å². The van der Waals surface area contributed by atoms with Gasteiger partial charge in [0.25, 0.3) is 5.56 Å². The number of carbonyl (C=O) groups excluding carboxylic acids is 1. The van der Waals surface area contributed by atoms with Crippen molar-refractivity contribution in [3.63, 3.8) is 0 Å². The Morgan fingerprint density at radius 2 is 1.88 bits per heavy atom. The average Bonchev–Trinajstić information content (AvgIpc) is 2.83. The number of rotatable bonds is 7. The molecule has 1 atom stereocenters. The van der Waals surface area contributed by atoms with Crippen LogP contribution in [0.15, 0.2) is 64.2 Å². The number of nitrogen functional groups attached to an aromatic ring is 1. The highest BCUT2D eigenvalue weighted by Crippen LogP contribution is 2.35. The fourth-order valence-electron chi connectivity index (χ4n) is 4.47. The van der Waals surface area contributed by atoms with Crippen LogP contribution in [0.3, 0.4) is 0 Å². The van der Waals surface area contributed by atoms with E-state index in [4.69, 9.17) is 10.5 Å². The normalized spacial score (nSPS) is 15.1. The molecule has 172 valence electrons. The number of hydrogen-bond acceptors (Lipinski definition) is 5. The van der Waals surface area contributed by atoms with Crippen molar-refractivity contribution in [3.05, 3.63) is 92.1 Å². The zero-order chi connectivity index (χ0) is 23.4. The van der Waals surface area contributed by atoms with Crippen LogP contribution in [0.1, 0.15) is 35.4 Å². The molecule has 2 aromatic carbocycles. The number of hydrogen-bond donors (Lipinski definition) is 2. The first-order valence-corrected chi connectivity index (χ1v) is 11.1. The molecule has 4 rings (SSSR count). The van der Waals surface area contributed by atoms with Crippen molar-refractivity contribution in [2.45, 2.75) is 38.3 Å². The van der Waals surface area contributed by atoms with E-state index in [1.165, 1.54) is 16.6 Å². The van der Waals surface area contributed by atoms with Crippen LogP contribution in [0, 0.1) is 0 Å². The van der Waals surface area contributed by atoms with E-state index in [0.29, 0.717) is 6.42 Å². The first kappa shape index (κ1) is 22.5. The van der Waals surface area contributed by atoms with Gasteiger partial charge in [-0.05, 0) is 36.0 Å². The van der Waals surface area contributed by atoms with Crippen LogP contribution >= 0.6 is 0 Å². The summed E-state index contributed by atoms with van der Waals surface area (Å²) in [5.41, 5.74) is 7.99. The molecule has 0 saturated heterocycles. The van der Waals surface area contributed by atoms with E-state index in [-0.39, 0.29) is 37.1 Å². The Morgan fingerprint density at radius 1 is 1.15 bits per heavy atom. The summed E-state index contributed by atoms with van der Waals surface area (Å²) in [6, 6.07) is 17.3. The number of fused-ring (bicyclic) bond motifs is 1. The SMILES string of the molecule is COCCn1c(N)c(N(Cc2ccccc2)C(=O)C2CCCc3ccccc32)c(=O)[nH]c1=O. The van der Waals surface area contributed by atoms with Gasteiger partial charge in [0.15, 0.2) is 5.69 Å². The zero-order valence-electron chi connectivity index (χ0n) is 18.6. The highest BCUT2D eigenvalue weighted by Gasteiger charge is 2.33. The van der Waals surface area contributed by atoms with Gasteiger partial charge in [0.1, 0.15) is 5.82 Å². The van der Waals surface area contributed by atoms with Gasteiger partial charge < -0.3 is 10.5 Å². The topological polar surface area (TPSA) is 110 Å². The molecule has 3 aromatic rings. The van der Waals surface area contributed by atoms with Crippen molar-refractivity contribution in [3.8, 4) is 0 Å². The van der Waals surface area contributed by atoms with Gasteiger partial charge in [-0.25, -0.2) is 4.79 Å². The molecule has 33 heavy (non-hydrogen) atoms. The number of aromatic amines is 1. The van der Waals surface area contributed by atoms with Gasteiger partial charge in [0.2, 0.25) is 5.91 Å². The van der Waals surface area contributed by atoms with E-state index < -0.39 is 17.2 Å². The molecule has 1 aromatic heterocycles. The van der Waals surface area contributed by atoms with E-state index in [0.717, 1.165) is 29.5 Å². The minimum atomic E-state index is -0.681. The molecule has 0 bridgehead atoms. The Bertz CT molecular complexity index is 1250. The number of anilines is 2. The largest absolute Gasteiger partial charge is 0.383 e. The number of H-pyrrole nitrogens is 1. The molecule has 3 N–H and O–H groups in total. The summed E-state index contributed by atoms with van der Waals surface area (Å²) in [7, 11) is 1.51. The van der Waals surface area contributed by atoms with Crippen molar-refractivity contribution >= 4 is 17.4 Å². The molecule has 0 aliphatic heterocycles. The van der Waals surface area contributed by atoms with Crippen LogP contribution in [0.25, 0.3) is 0 Å². The fourth-order valence-corrected chi connectivity index (χ4v) is 4.47. The molecule has 8 nitrogen and oxygen atoms in total. The van der Waals surface area contributed by atoms with E-state index in [2.05, 4.69) is 4.98 Å². The summed E-state index contributed by atoms with van der Waals surface area (Å²) < 4.78 is 6.31. The molecule has 1 unspecified atom stereocenters. The molecule has 1 amide bonds. The molecular formula is C25H28N4O4. The molecule has 0 fully saturated rings. The maximum absolute atomic E-state index is 14.0. The van der Waals surface area contributed by atoms with Crippen molar-refractivity contribution in [1.82, 2.24) is 9.55 Å². The second-order valence-corrected chi connectivity index (χ2v) is 8.19. The van der Waals surface area contributed by atoms with Crippen LogP contribution in [0.4, 0.5) is 11.5 Å². The number of amides is 1. The van der Waals surface area contributed by atoms with Gasteiger partial charge >= 0.3 is 5.69 Å². The highest BCUT2D eigenvalue weighted by molar-refractivity contribution is 6.00. The third kappa shape index (κ3) is 4.61. The minimum absolute atomic E-state index is 0.0115. The number of aromatic nitrogens is 2. The maximum atomic E-state index is 14.0. The summed E-state index contributed by atoms with van der Waals surface area (Å²) >= 11 is 0. The first-order chi connectivity index (χ1) is 16.0. The fraction of sp³-hybridized carbons (Fsp3) is 0.320. The molecule has 1 aliphatic carbocycles. The monoisotopic (exact) mass is 448 g/mol. The number of nitrogens with one attached hydrogen (secondary N) is 1. The van der Waals surface area contributed by atoms with E-state index in [1.807, 2.05) is 54.6 Å². The van der Waals surface area contributed by atoms with Gasteiger partial charge in [0, 0.05) is 7.11 Å². The Kier molecular flexibility index (Phi) is 6.74. The van der Waals surface area contributed by atoms with Gasteiger partial charge in [-0.3, -0.25) is 24.0 Å². The van der Waals surface area contributed by atoms with Crippen LogP contribution in [0.5, 0.6) is 0 Å². The lowest BCUT2D eigenvalue weighted by Crippen LogP contribution is -2.43. The molecule has 0 saturated carbocycles. The molecule has 0 spiro atoms. The Labute approximate surface area is 191 Å². The lowest BCUT2D eigenvalue weighted by molar-refractivity contribution is -0.120. The maximum Gasteiger partial charge on any atom is 0.330 e. The molecule has 8 heteroatoms. The number of aryl methyl sites for hydroxylation is 1. The number of nitrogens with zero attached hydrogens (tertiary/aromatic N) is 2. The quantitative estimate of drug-likeness (QED) is 0.577. The number of methoxy groups -OCH3 is 1. The van der Waals surface area contributed by atoms with E-state index >= 15 is 0 Å². The Balaban J connectivity index is 1.83. The van der Waals surface area contributed by atoms with Crippen LogP contribution in [0.2, 0.25) is 0 Å². The van der Waals surface area contributed by atoms with E-state index in [1.54, 1.807) is 0 Å². The van der Waals surface area contributed by atoms with Gasteiger partial charge in [0.05, 0.1) is 25.6 Å². The second kappa shape index (κ2) is 9.87. The summed E-state index contributed by atoms with van der Waals surface area (Å²) in [4.78, 5) is 43.1. The van der Waals surface area contributed by atoms with Crippen molar-refractivity contribution in [2.24, 2.45) is 0 Å². The first-order valence-electron chi connectivity index (χ1n) is 11.1. The van der Waals surface area contributed by atoms with Crippen LogP contribution < -0.4 is 21.9 Å². The summed E-state index contributed by atoms with van der Waals surface area (Å²) in [6.07, 6.45) is 2.48. The summed E-state index contributed by atoms with van der Waals surface area (Å²) in [6.45, 7) is 0.552. The second-order valence-electron chi connectivity index (χ2n) is 8.19. The molecule has 1 heterocycles. The number of benzene rings is 2. The van der Waals surface area contributed by atoms with Gasteiger partial charge in [-0.15, -0.1) is 0 Å². The molecule has 0 radical (unpaired) electrons. The smallest absolute Gasteiger partial charge is 0.330 e. The predicted octanol–water partition coefficient (Wildman–Crippen LogP) is 2.42. The number of carbonyl (C=O) groups is 1.